The number of nitrogens with two attached hydrogens (primary N) is 1. The topological polar surface area (TPSA) is 91.1 Å². The zero-order chi connectivity index (χ0) is 20.1. The Morgan fingerprint density at radius 3 is 2.79 bits per heavy atom. The van der Waals surface area contributed by atoms with Crippen molar-refractivity contribution in [2.24, 2.45) is 11.7 Å². The van der Waals surface area contributed by atoms with Gasteiger partial charge in [-0.15, -0.1) is 0 Å². The van der Waals surface area contributed by atoms with E-state index in [0.29, 0.717) is 18.7 Å². The number of hydrogen-bond donors (Lipinski definition) is 4. The highest BCUT2D eigenvalue weighted by Crippen LogP contribution is 2.38. The quantitative estimate of drug-likeness (QED) is 0.553. The molecule has 0 saturated heterocycles. The van der Waals surface area contributed by atoms with Gasteiger partial charge in [-0.25, -0.2) is 4.39 Å². The van der Waals surface area contributed by atoms with Crippen LogP contribution in [0.3, 0.4) is 0 Å². The van der Waals surface area contributed by atoms with Crippen molar-refractivity contribution in [2.45, 2.75) is 63.8 Å². The van der Waals surface area contributed by atoms with Crippen molar-refractivity contribution in [3.8, 4) is 0 Å². The van der Waals surface area contributed by atoms with Crippen molar-refractivity contribution in [3.05, 3.63) is 35.3 Å². The van der Waals surface area contributed by atoms with Crippen LogP contribution >= 0.6 is 0 Å². The molecule has 0 aliphatic heterocycles. The van der Waals surface area contributed by atoms with Crippen molar-refractivity contribution in [2.75, 3.05) is 13.2 Å². The van der Waals surface area contributed by atoms with Crippen molar-refractivity contribution < 1.29 is 14.3 Å². The smallest absolute Gasteiger partial charge is 0.268 e. The maximum Gasteiger partial charge on any atom is 0.268 e. The Balaban J connectivity index is 1.80. The molecule has 2 aromatic rings. The minimum absolute atomic E-state index is 0.109. The van der Waals surface area contributed by atoms with E-state index in [1.165, 1.54) is 18.6 Å². The number of aromatic amines is 1. The minimum Gasteiger partial charge on any atom is -0.396 e. The number of aliphatic hydroxyl groups is 1. The lowest BCUT2D eigenvalue weighted by molar-refractivity contribution is 0.0943. The summed E-state index contributed by atoms with van der Waals surface area (Å²) in [7, 11) is 0. The molecule has 3 rings (SSSR count). The summed E-state index contributed by atoms with van der Waals surface area (Å²) in [6, 6.07) is 4.44. The molecule has 0 radical (unpaired) electrons. The van der Waals surface area contributed by atoms with Gasteiger partial charge in [0.2, 0.25) is 0 Å². The largest absolute Gasteiger partial charge is 0.396 e. The van der Waals surface area contributed by atoms with Crippen LogP contribution in [0.15, 0.2) is 18.2 Å². The van der Waals surface area contributed by atoms with Gasteiger partial charge in [-0.3, -0.25) is 4.79 Å². The Kier molecular flexibility index (Phi) is 7.08. The third-order valence-corrected chi connectivity index (χ3v) is 6.04. The number of nitrogens with one attached hydrogen (secondary N) is 2. The first-order chi connectivity index (χ1) is 13.5. The summed E-state index contributed by atoms with van der Waals surface area (Å²) in [6.45, 7) is 2.48. The molecule has 1 amide bonds. The molecule has 154 valence electrons. The molecule has 1 fully saturated rings. The number of amides is 1. The summed E-state index contributed by atoms with van der Waals surface area (Å²) < 4.78 is 13.9. The van der Waals surface area contributed by atoms with Gasteiger partial charge < -0.3 is 21.1 Å². The molecule has 0 spiro atoms. The SMILES string of the molecule is CCC(CO)C[C@@H](N)CNC(=O)c1[nH]c2ccc(F)cc2c1C1CCCCC1. The number of hydrogen-bond acceptors (Lipinski definition) is 3. The molecule has 1 aliphatic rings. The Labute approximate surface area is 165 Å². The number of H-pyrrole nitrogens is 1. The zero-order valence-electron chi connectivity index (χ0n) is 16.6. The van der Waals surface area contributed by atoms with E-state index < -0.39 is 0 Å². The van der Waals surface area contributed by atoms with Crippen LogP contribution in [0.1, 0.15) is 73.8 Å². The maximum absolute atomic E-state index is 13.9. The molecular formula is C22H32FN3O2. The number of carbonyl (C=O) groups is 1. The van der Waals surface area contributed by atoms with Crippen molar-refractivity contribution in [1.82, 2.24) is 10.3 Å². The molecule has 6 heteroatoms. The summed E-state index contributed by atoms with van der Waals surface area (Å²) in [5.41, 5.74) is 8.42. The summed E-state index contributed by atoms with van der Waals surface area (Å²) in [6.07, 6.45) is 7.07. The summed E-state index contributed by atoms with van der Waals surface area (Å²) >= 11 is 0. The molecule has 0 bridgehead atoms. The predicted octanol–water partition coefficient (Wildman–Crippen LogP) is 3.82. The van der Waals surface area contributed by atoms with Crippen LogP contribution in [-0.4, -0.2) is 35.2 Å². The van der Waals surface area contributed by atoms with Gasteiger partial charge in [-0.2, -0.15) is 0 Å². The van der Waals surface area contributed by atoms with Crippen LogP contribution in [0, 0.1) is 11.7 Å². The molecule has 1 aromatic heterocycles. The zero-order valence-corrected chi connectivity index (χ0v) is 16.6. The van der Waals surface area contributed by atoms with E-state index in [1.807, 2.05) is 6.92 Å². The first-order valence-corrected chi connectivity index (χ1v) is 10.5. The number of aromatic nitrogens is 1. The second-order valence-electron chi connectivity index (χ2n) is 8.10. The lowest BCUT2D eigenvalue weighted by atomic mass is 9.82. The monoisotopic (exact) mass is 389 g/mol. The van der Waals surface area contributed by atoms with Gasteiger partial charge in [-0.1, -0.05) is 32.6 Å². The van der Waals surface area contributed by atoms with Crippen molar-refractivity contribution in [3.63, 3.8) is 0 Å². The van der Waals surface area contributed by atoms with Crippen LogP contribution in [-0.2, 0) is 0 Å². The van der Waals surface area contributed by atoms with Gasteiger partial charge in [0, 0.05) is 30.1 Å². The number of rotatable bonds is 8. The van der Waals surface area contributed by atoms with E-state index in [9.17, 15) is 14.3 Å². The van der Waals surface area contributed by atoms with E-state index in [2.05, 4.69) is 10.3 Å². The first-order valence-electron chi connectivity index (χ1n) is 10.5. The molecule has 5 N–H and O–H groups in total. The van der Waals surface area contributed by atoms with Gasteiger partial charge in [0.1, 0.15) is 11.5 Å². The molecule has 1 saturated carbocycles. The number of fused-ring (bicyclic) bond motifs is 1. The highest BCUT2D eigenvalue weighted by Gasteiger charge is 2.26. The molecular weight excluding hydrogens is 357 g/mol. The lowest BCUT2D eigenvalue weighted by Crippen LogP contribution is -2.39. The minimum atomic E-state index is -0.285. The fourth-order valence-electron chi connectivity index (χ4n) is 4.37. The highest BCUT2D eigenvalue weighted by molar-refractivity contribution is 6.01. The highest BCUT2D eigenvalue weighted by atomic mass is 19.1. The van der Waals surface area contributed by atoms with Crippen LogP contribution in [0.2, 0.25) is 0 Å². The predicted molar refractivity (Wildman–Crippen MR) is 110 cm³/mol. The molecule has 1 unspecified atom stereocenters. The van der Waals surface area contributed by atoms with Gasteiger partial charge in [0.15, 0.2) is 0 Å². The van der Waals surface area contributed by atoms with Crippen molar-refractivity contribution >= 4 is 16.8 Å². The number of benzene rings is 1. The van der Waals surface area contributed by atoms with E-state index in [1.54, 1.807) is 6.07 Å². The molecule has 1 aromatic carbocycles. The number of carbonyl (C=O) groups excluding carboxylic acids is 1. The van der Waals surface area contributed by atoms with Crippen molar-refractivity contribution in [1.29, 1.82) is 0 Å². The fourth-order valence-corrected chi connectivity index (χ4v) is 4.37. The van der Waals surface area contributed by atoms with E-state index in [0.717, 1.165) is 48.6 Å². The van der Waals surface area contributed by atoms with Gasteiger partial charge in [0.05, 0.1) is 0 Å². The maximum atomic E-state index is 13.9. The van der Waals surface area contributed by atoms with Crippen LogP contribution in [0.5, 0.6) is 0 Å². The molecule has 1 heterocycles. The van der Waals surface area contributed by atoms with E-state index in [4.69, 9.17) is 5.73 Å². The number of aliphatic hydroxyl groups excluding tert-OH is 1. The summed E-state index contributed by atoms with van der Waals surface area (Å²) in [5, 5.41) is 13.1. The Hall–Kier alpha value is -1.92. The molecule has 2 atom stereocenters. The van der Waals surface area contributed by atoms with Gasteiger partial charge >= 0.3 is 0 Å². The summed E-state index contributed by atoms with van der Waals surface area (Å²) in [4.78, 5) is 16.2. The Morgan fingerprint density at radius 1 is 1.36 bits per heavy atom. The molecule has 5 nitrogen and oxygen atoms in total. The van der Waals surface area contributed by atoms with Crippen LogP contribution in [0.4, 0.5) is 4.39 Å². The third-order valence-electron chi connectivity index (χ3n) is 6.04. The van der Waals surface area contributed by atoms with E-state index in [-0.39, 0.29) is 36.2 Å². The Bertz CT molecular complexity index is 794. The average molecular weight is 390 g/mol. The fraction of sp³-hybridized carbons (Fsp3) is 0.591. The second kappa shape index (κ2) is 9.52. The lowest BCUT2D eigenvalue weighted by Gasteiger charge is -2.23. The van der Waals surface area contributed by atoms with Gasteiger partial charge in [0.25, 0.3) is 5.91 Å². The Morgan fingerprint density at radius 2 is 2.11 bits per heavy atom. The van der Waals surface area contributed by atoms with Crippen LogP contribution < -0.4 is 11.1 Å². The number of halogens is 1. The normalized spacial score (nSPS) is 17.6. The third kappa shape index (κ3) is 4.73. The van der Waals surface area contributed by atoms with E-state index >= 15 is 0 Å². The average Bonchev–Trinajstić information content (AvgIpc) is 3.09. The van der Waals surface area contributed by atoms with Gasteiger partial charge in [-0.05, 0) is 54.9 Å². The van der Waals surface area contributed by atoms with Crippen LogP contribution in [0.25, 0.3) is 10.9 Å². The molecule has 28 heavy (non-hydrogen) atoms. The first kappa shape index (κ1) is 20.8. The second-order valence-corrected chi connectivity index (χ2v) is 8.10. The standard InChI is InChI=1S/C22H32FN3O2/c1-2-14(13-27)10-17(24)12-25-22(28)21-20(15-6-4-3-5-7-15)18-11-16(23)8-9-19(18)26-21/h8-9,11,14-15,17,26-27H,2-7,10,12-13,24H2,1H3,(H,25,28)/t14?,17-/m1/s1. The molecule has 1 aliphatic carbocycles. The summed E-state index contributed by atoms with van der Waals surface area (Å²) in [5.74, 6) is -0.0461.